The Morgan fingerprint density at radius 3 is 3.21 bits per heavy atom. The van der Waals surface area contributed by atoms with E-state index in [-0.39, 0.29) is 0 Å². The minimum absolute atomic E-state index is 0.627. The van der Waals surface area contributed by atoms with Gasteiger partial charge in [-0.05, 0) is 13.0 Å². The Bertz CT molecular complexity index is 437. The Labute approximate surface area is 86.2 Å². The third kappa shape index (κ3) is 1.69. The number of nitrogens with two attached hydrogens (primary N) is 1. The van der Waals surface area contributed by atoms with Crippen molar-refractivity contribution >= 4 is 27.4 Å². The van der Waals surface area contributed by atoms with E-state index in [1.165, 1.54) is 0 Å². The average molecular weight is 208 g/mol. The van der Waals surface area contributed by atoms with E-state index in [4.69, 9.17) is 5.73 Å². The summed E-state index contributed by atoms with van der Waals surface area (Å²) in [6, 6.07) is 1.95. The van der Waals surface area contributed by atoms with E-state index in [1.54, 1.807) is 17.5 Å². The second-order valence-electron chi connectivity index (χ2n) is 2.96. The number of nitrogens with one attached hydrogen (secondary N) is 1. The molecule has 0 fully saturated rings. The summed E-state index contributed by atoms with van der Waals surface area (Å²) in [6.07, 6.45) is 1.76. The van der Waals surface area contributed by atoms with E-state index >= 15 is 0 Å². The number of nitrogens with zero attached hydrogens (tertiary/aromatic N) is 2. The summed E-state index contributed by atoms with van der Waals surface area (Å²) in [6.45, 7) is 3.39. The number of pyridine rings is 1. The van der Waals surface area contributed by atoms with Gasteiger partial charge in [0.1, 0.15) is 0 Å². The minimum atomic E-state index is 0.627. The number of anilines is 1. The molecule has 3 N–H and O–H groups in total. The quantitative estimate of drug-likeness (QED) is 0.799. The van der Waals surface area contributed by atoms with Gasteiger partial charge in [-0.3, -0.25) is 0 Å². The summed E-state index contributed by atoms with van der Waals surface area (Å²) in [5.74, 6) is 0. The van der Waals surface area contributed by atoms with Crippen LogP contribution in [0.1, 0.15) is 5.01 Å². The van der Waals surface area contributed by atoms with Crippen LogP contribution in [0.5, 0.6) is 0 Å². The van der Waals surface area contributed by atoms with Crippen molar-refractivity contribution in [3.63, 3.8) is 0 Å². The fourth-order valence-electron chi connectivity index (χ4n) is 1.28. The summed E-state index contributed by atoms with van der Waals surface area (Å²) in [4.78, 5) is 8.52. The summed E-state index contributed by atoms with van der Waals surface area (Å²) >= 11 is 1.65. The van der Waals surface area contributed by atoms with E-state index in [1.807, 2.05) is 13.0 Å². The molecule has 2 heterocycles. The zero-order valence-electron chi connectivity index (χ0n) is 7.95. The molecule has 0 aliphatic rings. The standard InChI is InChI=1S/C9H12N4S/c1-6-13-9-8(14-6)7(2-4-12-9)11-5-3-10/h2,4H,3,5,10H2,1H3,(H,11,12). The molecule has 14 heavy (non-hydrogen) atoms. The molecule has 0 amide bonds. The lowest BCUT2D eigenvalue weighted by Crippen LogP contribution is -2.13. The van der Waals surface area contributed by atoms with Crippen molar-refractivity contribution < 1.29 is 0 Å². The Balaban J connectivity index is 2.42. The molecule has 0 spiro atoms. The van der Waals surface area contributed by atoms with Gasteiger partial charge in [-0.15, -0.1) is 11.3 Å². The molecule has 0 bridgehead atoms. The highest BCUT2D eigenvalue weighted by Crippen LogP contribution is 2.26. The Kier molecular flexibility index (Phi) is 2.60. The van der Waals surface area contributed by atoms with Crippen LogP contribution >= 0.6 is 11.3 Å². The highest BCUT2D eigenvalue weighted by Gasteiger charge is 2.05. The van der Waals surface area contributed by atoms with Crippen LogP contribution < -0.4 is 11.1 Å². The maximum absolute atomic E-state index is 5.44. The van der Waals surface area contributed by atoms with Gasteiger partial charge in [0.25, 0.3) is 0 Å². The molecule has 0 aliphatic carbocycles. The van der Waals surface area contributed by atoms with Crippen LogP contribution in [-0.4, -0.2) is 23.1 Å². The van der Waals surface area contributed by atoms with Crippen molar-refractivity contribution in [3.05, 3.63) is 17.3 Å². The third-order valence-corrected chi connectivity index (χ3v) is 2.85. The van der Waals surface area contributed by atoms with Crippen molar-refractivity contribution in [1.82, 2.24) is 9.97 Å². The first kappa shape index (κ1) is 9.36. The Morgan fingerprint density at radius 1 is 1.57 bits per heavy atom. The van der Waals surface area contributed by atoms with Gasteiger partial charge < -0.3 is 11.1 Å². The second kappa shape index (κ2) is 3.89. The number of rotatable bonds is 3. The second-order valence-corrected chi connectivity index (χ2v) is 4.16. The van der Waals surface area contributed by atoms with Gasteiger partial charge >= 0.3 is 0 Å². The number of aryl methyl sites for hydroxylation is 1. The third-order valence-electron chi connectivity index (χ3n) is 1.86. The highest BCUT2D eigenvalue weighted by molar-refractivity contribution is 7.19. The minimum Gasteiger partial charge on any atom is -0.382 e. The molecule has 2 aromatic heterocycles. The van der Waals surface area contributed by atoms with E-state index in [0.717, 1.165) is 27.6 Å². The van der Waals surface area contributed by atoms with Gasteiger partial charge in [-0.2, -0.15) is 0 Å². The number of hydrogen-bond acceptors (Lipinski definition) is 5. The zero-order chi connectivity index (χ0) is 9.97. The summed E-state index contributed by atoms with van der Waals surface area (Å²) in [5.41, 5.74) is 7.32. The summed E-state index contributed by atoms with van der Waals surface area (Å²) in [7, 11) is 0. The molecule has 0 aliphatic heterocycles. The summed E-state index contributed by atoms with van der Waals surface area (Å²) in [5, 5.41) is 4.29. The molecule has 74 valence electrons. The van der Waals surface area contributed by atoms with Crippen molar-refractivity contribution in [1.29, 1.82) is 0 Å². The molecule has 0 unspecified atom stereocenters. The van der Waals surface area contributed by atoms with E-state index in [9.17, 15) is 0 Å². The molecule has 0 saturated carbocycles. The highest BCUT2D eigenvalue weighted by atomic mass is 32.1. The van der Waals surface area contributed by atoms with Crippen molar-refractivity contribution in [2.75, 3.05) is 18.4 Å². The van der Waals surface area contributed by atoms with Gasteiger partial charge in [-0.1, -0.05) is 0 Å². The monoisotopic (exact) mass is 208 g/mol. The molecule has 0 aromatic carbocycles. The molecular weight excluding hydrogens is 196 g/mol. The fraction of sp³-hybridized carbons (Fsp3) is 0.333. The van der Waals surface area contributed by atoms with Crippen LogP contribution in [0.3, 0.4) is 0 Å². The predicted octanol–water partition coefficient (Wildman–Crippen LogP) is 1.37. The molecule has 0 radical (unpaired) electrons. The molecular formula is C9H12N4S. The number of fused-ring (bicyclic) bond motifs is 1. The number of aromatic nitrogens is 2. The smallest absolute Gasteiger partial charge is 0.172 e. The largest absolute Gasteiger partial charge is 0.382 e. The fourth-order valence-corrected chi connectivity index (χ4v) is 2.15. The number of thiazole rings is 1. The maximum atomic E-state index is 5.44. The van der Waals surface area contributed by atoms with Crippen LogP contribution in [0.2, 0.25) is 0 Å². The topological polar surface area (TPSA) is 63.8 Å². The van der Waals surface area contributed by atoms with Crippen LogP contribution in [-0.2, 0) is 0 Å². The lowest BCUT2D eigenvalue weighted by atomic mass is 10.4. The summed E-state index contributed by atoms with van der Waals surface area (Å²) < 4.78 is 1.11. The lowest BCUT2D eigenvalue weighted by molar-refractivity contribution is 1.03. The van der Waals surface area contributed by atoms with Crippen LogP contribution in [0.25, 0.3) is 10.3 Å². The van der Waals surface area contributed by atoms with Gasteiger partial charge in [0, 0.05) is 19.3 Å². The number of hydrogen-bond donors (Lipinski definition) is 2. The lowest BCUT2D eigenvalue weighted by Gasteiger charge is -2.03. The maximum Gasteiger partial charge on any atom is 0.172 e. The normalized spacial score (nSPS) is 10.7. The van der Waals surface area contributed by atoms with Crippen molar-refractivity contribution in [2.45, 2.75) is 6.92 Å². The van der Waals surface area contributed by atoms with Crippen molar-refractivity contribution in [3.8, 4) is 0 Å². The average Bonchev–Trinajstić information content (AvgIpc) is 2.55. The molecule has 0 atom stereocenters. The van der Waals surface area contributed by atoms with E-state index in [2.05, 4.69) is 15.3 Å². The molecule has 2 aromatic rings. The van der Waals surface area contributed by atoms with E-state index in [0.29, 0.717) is 6.54 Å². The van der Waals surface area contributed by atoms with Gasteiger partial charge in [0.05, 0.1) is 15.4 Å². The Morgan fingerprint density at radius 2 is 2.43 bits per heavy atom. The first-order valence-corrected chi connectivity index (χ1v) is 5.29. The van der Waals surface area contributed by atoms with Crippen LogP contribution in [0.15, 0.2) is 12.3 Å². The van der Waals surface area contributed by atoms with Crippen molar-refractivity contribution in [2.24, 2.45) is 5.73 Å². The molecule has 4 nitrogen and oxygen atoms in total. The first-order chi connectivity index (χ1) is 6.81. The SMILES string of the molecule is Cc1nc2nccc(NCCN)c2s1. The molecule has 5 heteroatoms. The molecule has 0 saturated heterocycles. The van der Waals surface area contributed by atoms with Gasteiger partial charge in [-0.25, -0.2) is 9.97 Å². The predicted molar refractivity (Wildman–Crippen MR) is 59.7 cm³/mol. The zero-order valence-corrected chi connectivity index (χ0v) is 8.77. The van der Waals surface area contributed by atoms with Crippen LogP contribution in [0, 0.1) is 6.92 Å². The first-order valence-electron chi connectivity index (χ1n) is 4.47. The Hall–Kier alpha value is -1.20. The van der Waals surface area contributed by atoms with Gasteiger partial charge in [0.15, 0.2) is 5.65 Å². The molecule has 2 rings (SSSR count). The van der Waals surface area contributed by atoms with Crippen LogP contribution in [0.4, 0.5) is 5.69 Å². The van der Waals surface area contributed by atoms with E-state index < -0.39 is 0 Å². The van der Waals surface area contributed by atoms with Gasteiger partial charge in [0.2, 0.25) is 0 Å².